The maximum atomic E-state index is 11.4. The molecule has 0 radical (unpaired) electrons. The van der Waals surface area contributed by atoms with Gasteiger partial charge in [-0.25, -0.2) is 0 Å². The van der Waals surface area contributed by atoms with Gasteiger partial charge >= 0.3 is 0 Å². The number of halogens is 1. The van der Waals surface area contributed by atoms with Gasteiger partial charge in [0.25, 0.3) is 5.91 Å². The summed E-state index contributed by atoms with van der Waals surface area (Å²) in [7, 11) is 0. The van der Waals surface area contributed by atoms with Crippen LogP contribution < -0.4 is 10.1 Å². The Kier molecular flexibility index (Phi) is 3.34. The number of amides is 1. The van der Waals surface area contributed by atoms with Crippen LogP contribution in [0.5, 0.6) is 5.75 Å². The summed E-state index contributed by atoms with van der Waals surface area (Å²) in [6.07, 6.45) is 2.17. The Bertz CT molecular complexity index is 402. The van der Waals surface area contributed by atoms with E-state index in [0.717, 1.165) is 18.4 Å². The van der Waals surface area contributed by atoms with Crippen molar-refractivity contribution in [3.05, 3.63) is 28.8 Å². The molecule has 4 heteroatoms. The summed E-state index contributed by atoms with van der Waals surface area (Å²) in [5, 5.41) is 3.48. The Morgan fingerprint density at radius 1 is 1.56 bits per heavy atom. The summed E-state index contributed by atoms with van der Waals surface area (Å²) >= 11 is 5.85. The van der Waals surface area contributed by atoms with Gasteiger partial charge in [0.15, 0.2) is 6.61 Å². The van der Waals surface area contributed by atoms with E-state index >= 15 is 0 Å². The van der Waals surface area contributed by atoms with Gasteiger partial charge in [-0.3, -0.25) is 4.79 Å². The first kappa shape index (κ1) is 11.3. The SMILES string of the molecule is Cc1ccc(Cl)cc1OCC(=O)NC1CC1. The van der Waals surface area contributed by atoms with Gasteiger partial charge in [0.2, 0.25) is 0 Å². The molecule has 1 saturated carbocycles. The van der Waals surface area contributed by atoms with Gasteiger partial charge in [-0.1, -0.05) is 17.7 Å². The van der Waals surface area contributed by atoms with Crippen LogP contribution in [-0.2, 0) is 4.79 Å². The Labute approximate surface area is 99.7 Å². The minimum Gasteiger partial charge on any atom is -0.483 e. The summed E-state index contributed by atoms with van der Waals surface area (Å²) in [4.78, 5) is 11.4. The first-order chi connectivity index (χ1) is 7.65. The quantitative estimate of drug-likeness (QED) is 0.876. The fourth-order valence-corrected chi connectivity index (χ4v) is 1.53. The summed E-state index contributed by atoms with van der Waals surface area (Å²) in [5.74, 6) is 0.598. The lowest BCUT2D eigenvalue weighted by atomic mass is 10.2. The fraction of sp³-hybridized carbons (Fsp3) is 0.417. The lowest BCUT2D eigenvalue weighted by molar-refractivity contribution is -0.123. The van der Waals surface area contributed by atoms with Crippen LogP contribution in [0.15, 0.2) is 18.2 Å². The number of benzene rings is 1. The van der Waals surface area contributed by atoms with Crippen LogP contribution >= 0.6 is 11.6 Å². The Morgan fingerprint density at radius 3 is 3.00 bits per heavy atom. The zero-order valence-electron chi connectivity index (χ0n) is 9.13. The zero-order valence-corrected chi connectivity index (χ0v) is 9.88. The third-order valence-electron chi connectivity index (χ3n) is 2.45. The molecular weight excluding hydrogens is 226 g/mol. The molecule has 0 spiro atoms. The van der Waals surface area contributed by atoms with Crippen molar-refractivity contribution in [3.8, 4) is 5.75 Å². The second-order valence-corrected chi connectivity index (χ2v) is 4.48. The highest BCUT2D eigenvalue weighted by Crippen LogP contribution is 2.22. The molecule has 1 aromatic rings. The minimum atomic E-state index is -0.0677. The molecule has 2 rings (SSSR count). The largest absolute Gasteiger partial charge is 0.483 e. The van der Waals surface area contributed by atoms with Gasteiger partial charge in [0.05, 0.1) is 0 Å². The molecule has 0 bridgehead atoms. The third kappa shape index (κ3) is 3.14. The van der Waals surface area contributed by atoms with E-state index in [9.17, 15) is 4.79 Å². The van der Waals surface area contributed by atoms with Crippen molar-refractivity contribution in [2.24, 2.45) is 0 Å². The molecule has 0 aliphatic heterocycles. The van der Waals surface area contributed by atoms with E-state index in [4.69, 9.17) is 16.3 Å². The number of ether oxygens (including phenoxy) is 1. The van der Waals surface area contributed by atoms with Gasteiger partial charge in [0.1, 0.15) is 5.75 Å². The molecule has 0 atom stereocenters. The lowest BCUT2D eigenvalue weighted by Crippen LogP contribution is -2.30. The molecule has 1 fully saturated rings. The molecule has 0 saturated heterocycles. The highest BCUT2D eigenvalue weighted by atomic mass is 35.5. The van der Waals surface area contributed by atoms with E-state index in [2.05, 4.69) is 5.32 Å². The van der Waals surface area contributed by atoms with Crippen molar-refractivity contribution in [2.75, 3.05) is 6.61 Å². The molecule has 1 amide bonds. The molecule has 1 aliphatic carbocycles. The molecule has 0 heterocycles. The molecule has 0 aromatic heterocycles. The van der Waals surface area contributed by atoms with Gasteiger partial charge in [-0.2, -0.15) is 0 Å². The van der Waals surface area contributed by atoms with Crippen LogP contribution in [-0.4, -0.2) is 18.6 Å². The van der Waals surface area contributed by atoms with Crippen molar-refractivity contribution in [3.63, 3.8) is 0 Å². The van der Waals surface area contributed by atoms with Gasteiger partial charge in [-0.05, 0) is 37.5 Å². The number of nitrogens with one attached hydrogen (secondary N) is 1. The molecule has 1 aliphatic rings. The molecule has 86 valence electrons. The van der Waals surface area contributed by atoms with Crippen molar-refractivity contribution in [2.45, 2.75) is 25.8 Å². The number of hydrogen-bond donors (Lipinski definition) is 1. The van der Waals surface area contributed by atoms with Crippen LogP contribution in [0.1, 0.15) is 18.4 Å². The van der Waals surface area contributed by atoms with Crippen molar-refractivity contribution < 1.29 is 9.53 Å². The van der Waals surface area contributed by atoms with E-state index in [-0.39, 0.29) is 12.5 Å². The molecule has 16 heavy (non-hydrogen) atoms. The molecule has 0 unspecified atom stereocenters. The number of rotatable bonds is 4. The van der Waals surface area contributed by atoms with Crippen LogP contribution in [0.3, 0.4) is 0 Å². The normalized spacial score (nSPS) is 14.6. The smallest absolute Gasteiger partial charge is 0.258 e. The monoisotopic (exact) mass is 239 g/mol. The number of aryl methyl sites for hydroxylation is 1. The average Bonchev–Trinajstić information content (AvgIpc) is 3.03. The molecule has 1 N–H and O–H groups in total. The maximum Gasteiger partial charge on any atom is 0.258 e. The van der Waals surface area contributed by atoms with Crippen molar-refractivity contribution in [1.29, 1.82) is 0 Å². The van der Waals surface area contributed by atoms with Gasteiger partial charge in [0, 0.05) is 11.1 Å². The molecule has 3 nitrogen and oxygen atoms in total. The van der Waals surface area contributed by atoms with Gasteiger partial charge in [-0.15, -0.1) is 0 Å². The Hall–Kier alpha value is -1.22. The van der Waals surface area contributed by atoms with E-state index in [1.54, 1.807) is 12.1 Å². The number of carbonyl (C=O) groups excluding carboxylic acids is 1. The summed E-state index contributed by atoms with van der Waals surface area (Å²) in [6.45, 7) is 1.97. The Morgan fingerprint density at radius 2 is 2.31 bits per heavy atom. The fourth-order valence-electron chi connectivity index (χ4n) is 1.37. The Balaban J connectivity index is 1.87. The van der Waals surface area contributed by atoms with Crippen molar-refractivity contribution in [1.82, 2.24) is 5.32 Å². The van der Waals surface area contributed by atoms with E-state index in [1.165, 1.54) is 0 Å². The standard InChI is InChI=1S/C12H14ClNO2/c1-8-2-3-9(13)6-11(8)16-7-12(15)14-10-4-5-10/h2-3,6,10H,4-5,7H2,1H3,(H,14,15). The van der Waals surface area contributed by atoms with E-state index in [1.807, 2.05) is 13.0 Å². The van der Waals surface area contributed by atoms with E-state index < -0.39 is 0 Å². The topological polar surface area (TPSA) is 38.3 Å². The molecule has 1 aromatic carbocycles. The van der Waals surface area contributed by atoms with Crippen LogP contribution in [0.4, 0.5) is 0 Å². The molecular formula is C12H14ClNO2. The van der Waals surface area contributed by atoms with Crippen molar-refractivity contribution >= 4 is 17.5 Å². The van der Waals surface area contributed by atoms with E-state index in [0.29, 0.717) is 16.8 Å². The highest BCUT2D eigenvalue weighted by molar-refractivity contribution is 6.30. The number of carbonyl (C=O) groups is 1. The second kappa shape index (κ2) is 4.74. The minimum absolute atomic E-state index is 0.0533. The first-order valence-electron chi connectivity index (χ1n) is 5.33. The zero-order chi connectivity index (χ0) is 11.5. The average molecular weight is 240 g/mol. The van der Waals surface area contributed by atoms with Crippen LogP contribution in [0, 0.1) is 6.92 Å². The lowest BCUT2D eigenvalue weighted by Gasteiger charge is -2.09. The second-order valence-electron chi connectivity index (χ2n) is 4.04. The third-order valence-corrected chi connectivity index (χ3v) is 2.69. The highest BCUT2D eigenvalue weighted by Gasteiger charge is 2.23. The maximum absolute atomic E-state index is 11.4. The number of hydrogen-bond acceptors (Lipinski definition) is 2. The summed E-state index contributed by atoms with van der Waals surface area (Å²) < 4.78 is 5.41. The summed E-state index contributed by atoms with van der Waals surface area (Å²) in [6, 6.07) is 5.77. The van der Waals surface area contributed by atoms with Gasteiger partial charge < -0.3 is 10.1 Å². The summed E-state index contributed by atoms with van der Waals surface area (Å²) in [5.41, 5.74) is 0.976. The van der Waals surface area contributed by atoms with Crippen LogP contribution in [0.25, 0.3) is 0 Å². The van der Waals surface area contributed by atoms with Crippen LogP contribution in [0.2, 0.25) is 5.02 Å². The predicted molar refractivity (Wildman–Crippen MR) is 62.8 cm³/mol. The first-order valence-corrected chi connectivity index (χ1v) is 5.71. The predicted octanol–water partition coefficient (Wildman–Crippen LogP) is 2.31.